The number of oxime groups is 1. The van der Waals surface area contributed by atoms with E-state index in [1.54, 1.807) is 17.6 Å². The van der Waals surface area contributed by atoms with Crippen LogP contribution in [0.1, 0.15) is 22.6 Å². The molecular formula is C15H15N3OS. The van der Waals surface area contributed by atoms with Gasteiger partial charge in [0.15, 0.2) is 4.96 Å². The third-order valence-electron chi connectivity index (χ3n) is 3.08. The average Bonchev–Trinajstić information content (AvgIpc) is 2.96. The first-order valence-electron chi connectivity index (χ1n) is 6.38. The molecule has 0 N–H and O–H groups in total. The Balaban J connectivity index is 1.74. The number of nitrogens with zero attached hydrogens (tertiary/aromatic N) is 3. The van der Waals surface area contributed by atoms with Crippen LogP contribution in [0.3, 0.4) is 0 Å². The quantitative estimate of drug-likeness (QED) is 0.543. The Morgan fingerprint density at radius 2 is 2.10 bits per heavy atom. The summed E-state index contributed by atoms with van der Waals surface area (Å²) in [5, 5.41) is 6.15. The van der Waals surface area contributed by atoms with Crippen LogP contribution in [0.5, 0.6) is 0 Å². The fourth-order valence-electron chi connectivity index (χ4n) is 2.05. The van der Waals surface area contributed by atoms with Crippen LogP contribution in [0.15, 0.2) is 40.9 Å². The zero-order valence-electron chi connectivity index (χ0n) is 11.4. The van der Waals surface area contributed by atoms with Crippen molar-refractivity contribution in [2.24, 2.45) is 5.16 Å². The molecule has 3 rings (SSSR count). The summed E-state index contributed by atoms with van der Waals surface area (Å²) in [6, 6.07) is 9.99. The van der Waals surface area contributed by atoms with Crippen LogP contribution in [0.25, 0.3) is 4.96 Å². The van der Waals surface area contributed by atoms with E-state index in [0.29, 0.717) is 6.61 Å². The van der Waals surface area contributed by atoms with Gasteiger partial charge in [0.05, 0.1) is 17.6 Å². The Morgan fingerprint density at radius 1 is 1.30 bits per heavy atom. The van der Waals surface area contributed by atoms with Gasteiger partial charge in [-0.2, -0.15) is 0 Å². The van der Waals surface area contributed by atoms with E-state index in [0.717, 1.165) is 27.6 Å². The summed E-state index contributed by atoms with van der Waals surface area (Å²) >= 11 is 1.63. The molecule has 0 spiro atoms. The topological polar surface area (TPSA) is 38.9 Å². The second kappa shape index (κ2) is 5.46. The molecule has 2 aromatic heterocycles. The molecule has 0 amide bonds. The molecule has 0 fully saturated rings. The van der Waals surface area contributed by atoms with Crippen molar-refractivity contribution in [3.8, 4) is 0 Å². The van der Waals surface area contributed by atoms with Crippen LogP contribution in [-0.2, 0) is 11.4 Å². The highest BCUT2D eigenvalue weighted by molar-refractivity contribution is 7.15. The molecule has 0 bridgehead atoms. The molecule has 0 saturated carbocycles. The van der Waals surface area contributed by atoms with Crippen LogP contribution in [-0.4, -0.2) is 15.6 Å². The number of hydrogen-bond acceptors (Lipinski definition) is 4. The number of fused-ring (bicyclic) bond motifs is 1. The van der Waals surface area contributed by atoms with E-state index in [4.69, 9.17) is 4.84 Å². The molecule has 0 radical (unpaired) electrons. The maximum Gasteiger partial charge on any atom is 0.194 e. The molecular weight excluding hydrogens is 270 g/mol. The van der Waals surface area contributed by atoms with Crippen molar-refractivity contribution in [1.82, 2.24) is 9.38 Å². The number of thiazole rings is 1. The fraction of sp³-hybridized carbons (Fsp3) is 0.200. The van der Waals surface area contributed by atoms with Crippen LogP contribution in [0, 0.1) is 13.8 Å². The van der Waals surface area contributed by atoms with Crippen molar-refractivity contribution in [3.05, 3.63) is 58.4 Å². The lowest BCUT2D eigenvalue weighted by molar-refractivity contribution is 0.132. The molecule has 0 aliphatic carbocycles. The van der Waals surface area contributed by atoms with Gasteiger partial charge in [-0.25, -0.2) is 4.98 Å². The molecule has 5 heteroatoms. The molecule has 20 heavy (non-hydrogen) atoms. The molecule has 2 heterocycles. The van der Waals surface area contributed by atoms with Crippen molar-refractivity contribution in [2.45, 2.75) is 20.5 Å². The van der Waals surface area contributed by atoms with Crippen LogP contribution in [0.2, 0.25) is 0 Å². The molecule has 0 saturated heterocycles. The summed E-state index contributed by atoms with van der Waals surface area (Å²) < 4.78 is 2.09. The Morgan fingerprint density at radius 3 is 2.90 bits per heavy atom. The normalized spacial score (nSPS) is 11.5. The highest BCUT2D eigenvalue weighted by atomic mass is 32.1. The van der Waals surface area contributed by atoms with Crippen LogP contribution < -0.4 is 0 Å². The minimum atomic E-state index is 0.473. The molecule has 0 atom stereocenters. The van der Waals surface area contributed by atoms with Gasteiger partial charge in [0, 0.05) is 11.1 Å². The predicted octanol–water partition coefficient (Wildman–Crippen LogP) is 3.56. The van der Waals surface area contributed by atoms with E-state index in [-0.39, 0.29) is 0 Å². The van der Waals surface area contributed by atoms with E-state index in [1.165, 1.54) is 0 Å². The highest BCUT2D eigenvalue weighted by Crippen LogP contribution is 2.19. The van der Waals surface area contributed by atoms with Gasteiger partial charge >= 0.3 is 0 Å². The second-order valence-corrected chi connectivity index (χ2v) is 5.41. The summed E-state index contributed by atoms with van der Waals surface area (Å²) in [4.78, 5) is 10.8. The zero-order valence-corrected chi connectivity index (χ0v) is 12.2. The van der Waals surface area contributed by atoms with Gasteiger partial charge in [0.2, 0.25) is 0 Å². The number of imidazole rings is 1. The van der Waals surface area contributed by atoms with E-state index in [2.05, 4.69) is 26.8 Å². The number of benzene rings is 1. The van der Waals surface area contributed by atoms with Crippen molar-refractivity contribution in [2.75, 3.05) is 0 Å². The average molecular weight is 285 g/mol. The maximum absolute atomic E-state index is 5.35. The van der Waals surface area contributed by atoms with Crippen molar-refractivity contribution in [3.63, 3.8) is 0 Å². The minimum Gasteiger partial charge on any atom is -0.391 e. The van der Waals surface area contributed by atoms with Crippen molar-refractivity contribution >= 4 is 22.5 Å². The fourth-order valence-corrected chi connectivity index (χ4v) is 2.97. The van der Waals surface area contributed by atoms with Gasteiger partial charge < -0.3 is 4.84 Å². The first kappa shape index (κ1) is 12.9. The SMILES string of the molecule is Cc1nc2scc(C)n2c1C=NOCc1ccccc1. The van der Waals surface area contributed by atoms with E-state index in [1.807, 2.05) is 37.3 Å². The monoisotopic (exact) mass is 285 g/mol. The Labute approximate surface area is 121 Å². The first-order chi connectivity index (χ1) is 9.75. The molecule has 0 aliphatic heterocycles. The van der Waals surface area contributed by atoms with Crippen LogP contribution in [0.4, 0.5) is 0 Å². The lowest BCUT2D eigenvalue weighted by Crippen LogP contribution is -1.95. The lowest BCUT2D eigenvalue weighted by atomic mass is 10.2. The molecule has 0 unspecified atom stereocenters. The third kappa shape index (κ3) is 2.44. The molecule has 0 aliphatic rings. The molecule has 102 valence electrons. The van der Waals surface area contributed by atoms with Gasteiger partial charge in [0.1, 0.15) is 6.61 Å². The summed E-state index contributed by atoms with van der Waals surface area (Å²) in [5.41, 5.74) is 4.21. The second-order valence-electron chi connectivity index (χ2n) is 4.57. The highest BCUT2D eigenvalue weighted by Gasteiger charge is 2.10. The summed E-state index contributed by atoms with van der Waals surface area (Å²) in [7, 11) is 0. The smallest absolute Gasteiger partial charge is 0.194 e. The third-order valence-corrected chi connectivity index (χ3v) is 4.02. The number of aryl methyl sites for hydroxylation is 2. The van der Waals surface area contributed by atoms with Crippen molar-refractivity contribution in [1.29, 1.82) is 0 Å². The number of rotatable bonds is 4. The number of aromatic nitrogens is 2. The van der Waals surface area contributed by atoms with Gasteiger partial charge in [-0.1, -0.05) is 35.5 Å². The summed E-state index contributed by atoms with van der Waals surface area (Å²) in [6.07, 6.45) is 1.73. The maximum atomic E-state index is 5.35. The first-order valence-corrected chi connectivity index (χ1v) is 7.26. The van der Waals surface area contributed by atoms with E-state index >= 15 is 0 Å². The van der Waals surface area contributed by atoms with Gasteiger partial charge in [-0.3, -0.25) is 4.40 Å². The molecule has 3 aromatic rings. The Hall–Kier alpha value is -2.14. The number of hydrogen-bond donors (Lipinski definition) is 0. The summed E-state index contributed by atoms with van der Waals surface area (Å²) in [5.74, 6) is 0. The summed E-state index contributed by atoms with van der Waals surface area (Å²) in [6.45, 7) is 4.52. The standard InChI is InChI=1S/C15H15N3OS/c1-11-10-20-15-17-12(2)14(18(11)15)8-16-19-9-13-6-4-3-5-7-13/h3-8,10H,9H2,1-2H3. The predicted molar refractivity (Wildman–Crippen MR) is 81.4 cm³/mol. The Bertz CT molecular complexity index is 743. The lowest BCUT2D eigenvalue weighted by Gasteiger charge is -1.99. The van der Waals surface area contributed by atoms with Gasteiger partial charge in [-0.15, -0.1) is 11.3 Å². The minimum absolute atomic E-state index is 0.473. The molecule has 4 nitrogen and oxygen atoms in total. The van der Waals surface area contributed by atoms with Gasteiger partial charge in [-0.05, 0) is 19.4 Å². The van der Waals surface area contributed by atoms with Crippen molar-refractivity contribution < 1.29 is 4.84 Å². The van der Waals surface area contributed by atoms with Crippen LogP contribution >= 0.6 is 11.3 Å². The van der Waals surface area contributed by atoms with Gasteiger partial charge in [0.25, 0.3) is 0 Å². The zero-order chi connectivity index (χ0) is 13.9. The van der Waals surface area contributed by atoms with E-state index in [9.17, 15) is 0 Å². The Kier molecular flexibility index (Phi) is 3.52. The molecule has 1 aromatic carbocycles. The largest absolute Gasteiger partial charge is 0.391 e. The van der Waals surface area contributed by atoms with E-state index < -0.39 is 0 Å².